The lowest BCUT2D eigenvalue weighted by molar-refractivity contribution is 0.479. The third-order valence-electron chi connectivity index (χ3n) is 2.71. The molecule has 1 heterocycles. The third kappa shape index (κ3) is 2.88. The summed E-state index contributed by atoms with van der Waals surface area (Å²) in [7, 11) is 0. The molecule has 0 saturated carbocycles. The van der Waals surface area contributed by atoms with Gasteiger partial charge in [-0.25, -0.2) is 0 Å². The molecule has 1 aromatic heterocycles. The number of hydrogen-bond acceptors (Lipinski definition) is 3. The minimum absolute atomic E-state index is 0.0897. The van der Waals surface area contributed by atoms with Gasteiger partial charge in [-0.3, -0.25) is 0 Å². The maximum Gasteiger partial charge on any atom is 0.141 e. The van der Waals surface area contributed by atoms with Crippen molar-refractivity contribution in [1.82, 2.24) is 0 Å². The molecule has 0 aliphatic carbocycles. The van der Waals surface area contributed by atoms with Crippen LogP contribution in [0.5, 0.6) is 0 Å². The molecule has 0 radical (unpaired) electrons. The fourth-order valence-corrected chi connectivity index (χ4v) is 2.33. The Kier molecular flexibility index (Phi) is 4.32. The van der Waals surface area contributed by atoms with Crippen molar-refractivity contribution in [3.63, 3.8) is 0 Å². The maximum absolute atomic E-state index is 6.09. The first-order chi connectivity index (χ1) is 8.61. The van der Waals surface area contributed by atoms with Gasteiger partial charge < -0.3 is 15.5 Å². The topological polar surface area (TPSA) is 51.2 Å². The fraction of sp³-hybridized carbons (Fsp3) is 0.231. The quantitative estimate of drug-likeness (QED) is 0.887. The second kappa shape index (κ2) is 5.78. The third-order valence-corrected chi connectivity index (χ3v) is 3.77. The van der Waals surface area contributed by atoms with Crippen LogP contribution in [0.4, 0.5) is 5.69 Å². The number of nitrogens with two attached hydrogens (primary N) is 1. The van der Waals surface area contributed by atoms with Gasteiger partial charge >= 0.3 is 0 Å². The zero-order chi connectivity index (χ0) is 13.1. The molecule has 1 unspecified atom stereocenters. The van der Waals surface area contributed by atoms with Gasteiger partial charge in [-0.15, -0.1) is 0 Å². The van der Waals surface area contributed by atoms with Crippen molar-refractivity contribution in [2.75, 3.05) is 11.9 Å². The summed E-state index contributed by atoms with van der Waals surface area (Å²) in [4.78, 5) is 0. The molecule has 2 aromatic rings. The molecule has 0 bridgehead atoms. The summed E-state index contributed by atoms with van der Waals surface area (Å²) in [6.45, 7) is 2.40. The van der Waals surface area contributed by atoms with Crippen molar-refractivity contribution >= 4 is 33.2 Å². The molecule has 1 aromatic carbocycles. The number of aryl methyl sites for hydroxylation is 1. The van der Waals surface area contributed by atoms with Gasteiger partial charge in [-0.1, -0.05) is 17.7 Å². The molecule has 0 aliphatic rings. The van der Waals surface area contributed by atoms with Crippen LogP contribution in [0.3, 0.4) is 0 Å². The van der Waals surface area contributed by atoms with E-state index < -0.39 is 0 Å². The lowest BCUT2D eigenvalue weighted by Gasteiger charge is -2.17. The smallest absolute Gasteiger partial charge is 0.141 e. The predicted octanol–water partition coefficient (Wildman–Crippen LogP) is 4.12. The van der Waals surface area contributed by atoms with Crippen LogP contribution < -0.4 is 11.1 Å². The van der Waals surface area contributed by atoms with E-state index in [9.17, 15) is 0 Å². The highest BCUT2D eigenvalue weighted by atomic mass is 79.9. The molecule has 18 heavy (non-hydrogen) atoms. The molecule has 0 fully saturated rings. The van der Waals surface area contributed by atoms with E-state index in [4.69, 9.17) is 21.8 Å². The van der Waals surface area contributed by atoms with Crippen molar-refractivity contribution < 1.29 is 4.42 Å². The highest BCUT2D eigenvalue weighted by molar-refractivity contribution is 9.10. The van der Waals surface area contributed by atoms with Crippen molar-refractivity contribution in [1.29, 1.82) is 0 Å². The summed E-state index contributed by atoms with van der Waals surface area (Å²) < 4.78 is 6.33. The van der Waals surface area contributed by atoms with Gasteiger partial charge in [0.2, 0.25) is 0 Å². The first-order valence-corrected chi connectivity index (χ1v) is 6.74. The van der Waals surface area contributed by atoms with E-state index in [1.165, 1.54) is 0 Å². The summed E-state index contributed by atoms with van der Waals surface area (Å²) in [6.07, 6.45) is 1.63. The van der Waals surface area contributed by atoms with Crippen LogP contribution in [-0.2, 0) is 0 Å². The molecule has 0 amide bonds. The Morgan fingerprint density at radius 3 is 2.78 bits per heavy atom. The zero-order valence-electron chi connectivity index (χ0n) is 9.91. The first-order valence-electron chi connectivity index (χ1n) is 5.57. The number of furan rings is 1. The number of nitrogens with one attached hydrogen (secondary N) is 1. The molecule has 0 aliphatic heterocycles. The molecule has 96 valence electrons. The number of halogens is 2. The summed E-state index contributed by atoms with van der Waals surface area (Å²) in [6, 6.07) is 7.59. The van der Waals surface area contributed by atoms with E-state index in [1.807, 2.05) is 31.2 Å². The Hall–Kier alpha value is -0.970. The van der Waals surface area contributed by atoms with Gasteiger partial charge in [-0.2, -0.15) is 0 Å². The number of anilines is 1. The highest BCUT2D eigenvalue weighted by Crippen LogP contribution is 2.28. The van der Waals surface area contributed by atoms with Crippen LogP contribution in [0.2, 0.25) is 5.02 Å². The Balaban J connectivity index is 2.20. The Labute approximate surface area is 119 Å². The van der Waals surface area contributed by atoms with Crippen LogP contribution in [0.25, 0.3) is 0 Å². The lowest BCUT2D eigenvalue weighted by atomic mass is 10.2. The lowest BCUT2D eigenvalue weighted by Crippen LogP contribution is -2.20. The molecule has 5 heteroatoms. The van der Waals surface area contributed by atoms with E-state index in [1.54, 1.807) is 6.26 Å². The van der Waals surface area contributed by atoms with E-state index in [-0.39, 0.29) is 6.04 Å². The number of benzene rings is 1. The molecular weight excluding hydrogens is 316 g/mol. The first kappa shape index (κ1) is 13.5. The highest BCUT2D eigenvalue weighted by Gasteiger charge is 2.16. The maximum atomic E-state index is 6.09. The van der Waals surface area contributed by atoms with Crippen molar-refractivity contribution in [3.05, 3.63) is 51.3 Å². The molecule has 0 spiro atoms. The van der Waals surface area contributed by atoms with Crippen LogP contribution in [-0.4, -0.2) is 6.54 Å². The van der Waals surface area contributed by atoms with Gasteiger partial charge in [0, 0.05) is 17.3 Å². The zero-order valence-corrected chi connectivity index (χ0v) is 12.3. The van der Waals surface area contributed by atoms with E-state index in [0.29, 0.717) is 6.54 Å². The fourth-order valence-electron chi connectivity index (χ4n) is 1.67. The molecule has 1 atom stereocenters. The van der Waals surface area contributed by atoms with Crippen molar-refractivity contribution in [2.24, 2.45) is 5.73 Å². The average Bonchev–Trinajstić information content (AvgIpc) is 2.77. The van der Waals surface area contributed by atoms with Crippen molar-refractivity contribution in [2.45, 2.75) is 13.0 Å². The monoisotopic (exact) mass is 328 g/mol. The Bertz CT molecular complexity index is 542. The van der Waals surface area contributed by atoms with Gasteiger partial charge in [0.25, 0.3) is 0 Å². The van der Waals surface area contributed by atoms with Crippen LogP contribution in [0.1, 0.15) is 17.4 Å². The standard InChI is InChI=1S/C13H14BrClN2O/c1-8-2-3-9(6-11(8)15)17-12(7-16)13-10(14)4-5-18-13/h2-6,12,17H,7,16H2,1H3. The molecule has 2 rings (SSSR count). The molecule has 3 N–H and O–H groups in total. The predicted molar refractivity (Wildman–Crippen MR) is 78.0 cm³/mol. The number of rotatable bonds is 4. The van der Waals surface area contributed by atoms with Crippen molar-refractivity contribution in [3.8, 4) is 0 Å². The minimum Gasteiger partial charge on any atom is -0.466 e. The largest absolute Gasteiger partial charge is 0.466 e. The van der Waals surface area contributed by atoms with Crippen LogP contribution in [0, 0.1) is 6.92 Å². The van der Waals surface area contributed by atoms with Gasteiger partial charge in [-0.05, 0) is 46.6 Å². The summed E-state index contributed by atoms with van der Waals surface area (Å²) in [5, 5.41) is 4.04. The van der Waals surface area contributed by atoms with Crippen LogP contribution >= 0.6 is 27.5 Å². The second-order valence-corrected chi connectivity index (χ2v) is 5.29. The molecular formula is C13H14BrClN2O. The summed E-state index contributed by atoms with van der Waals surface area (Å²) in [5.41, 5.74) is 7.74. The summed E-state index contributed by atoms with van der Waals surface area (Å²) in [5.74, 6) is 0.786. The SMILES string of the molecule is Cc1ccc(NC(CN)c2occc2Br)cc1Cl. The average molecular weight is 330 g/mol. The molecule has 3 nitrogen and oxygen atoms in total. The van der Waals surface area contributed by atoms with E-state index >= 15 is 0 Å². The van der Waals surface area contributed by atoms with Crippen LogP contribution in [0.15, 0.2) is 39.4 Å². The Morgan fingerprint density at radius 1 is 1.44 bits per heavy atom. The summed E-state index contributed by atoms with van der Waals surface area (Å²) >= 11 is 9.52. The van der Waals surface area contributed by atoms with E-state index in [2.05, 4.69) is 21.2 Å². The molecule has 0 saturated heterocycles. The van der Waals surface area contributed by atoms with E-state index in [0.717, 1.165) is 26.5 Å². The van der Waals surface area contributed by atoms with Gasteiger partial charge in [0.1, 0.15) is 5.76 Å². The normalized spacial score (nSPS) is 12.4. The number of hydrogen-bond donors (Lipinski definition) is 2. The van der Waals surface area contributed by atoms with Gasteiger partial charge in [0.05, 0.1) is 16.8 Å². The second-order valence-electron chi connectivity index (χ2n) is 4.03. The Morgan fingerprint density at radius 2 is 2.22 bits per heavy atom. The minimum atomic E-state index is -0.0897. The van der Waals surface area contributed by atoms with Gasteiger partial charge in [0.15, 0.2) is 0 Å².